The van der Waals surface area contributed by atoms with Gasteiger partial charge in [0, 0.05) is 15.5 Å². The molecule has 0 saturated heterocycles. The van der Waals surface area contributed by atoms with Crippen LogP contribution in [-0.2, 0) is 12.8 Å². The monoisotopic (exact) mass is 444 g/mol. The van der Waals surface area contributed by atoms with E-state index in [0.29, 0.717) is 27.4 Å². The summed E-state index contributed by atoms with van der Waals surface area (Å²) in [5, 5.41) is 1.83. The Bertz CT molecular complexity index is 1270. The fourth-order valence-corrected chi connectivity index (χ4v) is 5.70. The minimum Gasteiger partial charge on any atom is -0.453 e. The molecule has 0 radical (unpaired) electrons. The molecule has 5 rings (SSSR count). The summed E-state index contributed by atoms with van der Waals surface area (Å²) < 4.78 is 5.97. The van der Waals surface area contributed by atoms with Crippen molar-refractivity contribution in [3.05, 3.63) is 61.2 Å². The Balaban J connectivity index is 1.58. The molecule has 1 aromatic carbocycles. The maximum Gasteiger partial charge on any atom is 0.260 e. The van der Waals surface area contributed by atoms with Crippen LogP contribution in [0.25, 0.3) is 33.1 Å². The van der Waals surface area contributed by atoms with E-state index in [1.807, 2.05) is 12.1 Å². The van der Waals surface area contributed by atoms with Crippen LogP contribution in [0.4, 0.5) is 0 Å². The zero-order chi connectivity index (χ0) is 20.0. The second kappa shape index (κ2) is 7.63. The minimum atomic E-state index is -0.0921. The fraction of sp³-hybridized carbons (Fsp3) is 0.273. The van der Waals surface area contributed by atoms with Gasteiger partial charge in [0.15, 0.2) is 11.6 Å². The van der Waals surface area contributed by atoms with Crippen molar-refractivity contribution in [2.24, 2.45) is 0 Å². The van der Waals surface area contributed by atoms with Gasteiger partial charge >= 0.3 is 0 Å². The Morgan fingerprint density at radius 1 is 1.00 bits per heavy atom. The van der Waals surface area contributed by atoms with Gasteiger partial charge in [0.05, 0.1) is 10.4 Å². The Hall–Kier alpha value is -2.08. The van der Waals surface area contributed by atoms with Crippen LogP contribution >= 0.6 is 34.5 Å². The second-order valence-electron chi connectivity index (χ2n) is 7.30. The molecule has 3 heterocycles. The largest absolute Gasteiger partial charge is 0.453 e. The number of furan rings is 1. The van der Waals surface area contributed by atoms with Crippen molar-refractivity contribution in [3.63, 3.8) is 0 Å². The van der Waals surface area contributed by atoms with E-state index < -0.39 is 0 Å². The van der Waals surface area contributed by atoms with Gasteiger partial charge in [-0.25, -0.2) is 4.98 Å². The van der Waals surface area contributed by atoms with E-state index in [4.69, 9.17) is 32.6 Å². The number of aryl methyl sites for hydroxylation is 2. The predicted octanol–water partition coefficient (Wildman–Crippen LogP) is 6.88. The first kappa shape index (κ1) is 18.9. The van der Waals surface area contributed by atoms with Crippen LogP contribution in [0.15, 0.2) is 39.5 Å². The molecule has 0 atom stereocenters. The van der Waals surface area contributed by atoms with Crippen molar-refractivity contribution in [2.45, 2.75) is 38.5 Å². The molecule has 1 N–H and O–H groups in total. The van der Waals surface area contributed by atoms with Crippen molar-refractivity contribution in [1.82, 2.24) is 9.97 Å². The summed E-state index contributed by atoms with van der Waals surface area (Å²) in [5.74, 6) is 1.54. The summed E-state index contributed by atoms with van der Waals surface area (Å²) in [6, 6.07) is 8.87. The minimum absolute atomic E-state index is 0.0921. The number of nitrogens with one attached hydrogen (secondary N) is 1. The molecule has 0 aliphatic heterocycles. The number of rotatable bonds is 2. The van der Waals surface area contributed by atoms with Crippen molar-refractivity contribution in [1.29, 1.82) is 0 Å². The van der Waals surface area contributed by atoms with Gasteiger partial charge < -0.3 is 9.40 Å². The van der Waals surface area contributed by atoms with Crippen LogP contribution in [0.2, 0.25) is 10.0 Å². The Kier molecular flexibility index (Phi) is 4.98. The number of aromatic amines is 1. The summed E-state index contributed by atoms with van der Waals surface area (Å²) in [5.41, 5.74) is 1.84. The molecule has 0 spiro atoms. The zero-order valence-corrected chi connectivity index (χ0v) is 17.9. The van der Waals surface area contributed by atoms with Gasteiger partial charge in [0.2, 0.25) is 0 Å². The van der Waals surface area contributed by atoms with E-state index in [1.165, 1.54) is 29.7 Å². The van der Waals surface area contributed by atoms with E-state index in [-0.39, 0.29) is 5.56 Å². The SMILES string of the molecule is O=c1[nH]c(-c2ccc(-c3ccc(Cl)cc3Cl)o2)nc2sc3c(c12)CCCCCC3. The molecule has 148 valence electrons. The highest BCUT2D eigenvalue weighted by Crippen LogP contribution is 2.35. The number of halogens is 2. The first-order valence-corrected chi connectivity index (χ1v) is 11.3. The number of nitrogens with zero attached hydrogens (tertiary/aromatic N) is 1. The van der Waals surface area contributed by atoms with E-state index in [2.05, 4.69) is 4.98 Å². The standard InChI is InChI=1S/C22H18Cl2N2O2S/c23-12-7-8-13(15(24)11-12)16-9-10-17(28-16)20-25-21(27)19-14-5-3-1-2-4-6-18(14)29-22(19)26-20/h7-11H,1-6H2,(H,25,26,27). The van der Waals surface area contributed by atoms with E-state index in [0.717, 1.165) is 35.0 Å². The average molecular weight is 445 g/mol. The normalized spacial score (nSPS) is 14.6. The quantitative estimate of drug-likeness (QED) is 0.366. The molecule has 0 amide bonds. The van der Waals surface area contributed by atoms with Crippen LogP contribution in [0.1, 0.15) is 36.1 Å². The number of aromatic nitrogens is 2. The molecule has 0 fully saturated rings. The lowest BCUT2D eigenvalue weighted by molar-refractivity contribution is 0.592. The number of H-pyrrole nitrogens is 1. The highest BCUT2D eigenvalue weighted by atomic mass is 35.5. The molecule has 3 aromatic heterocycles. The van der Waals surface area contributed by atoms with Crippen molar-refractivity contribution in [3.8, 4) is 22.9 Å². The third kappa shape index (κ3) is 3.52. The van der Waals surface area contributed by atoms with Crippen LogP contribution in [-0.4, -0.2) is 9.97 Å². The second-order valence-corrected chi connectivity index (χ2v) is 9.23. The van der Waals surface area contributed by atoms with Gasteiger partial charge in [0.25, 0.3) is 5.56 Å². The predicted molar refractivity (Wildman–Crippen MR) is 119 cm³/mol. The Labute approximate surface area is 181 Å². The number of hydrogen-bond donors (Lipinski definition) is 1. The molecule has 0 bridgehead atoms. The first-order valence-electron chi connectivity index (χ1n) is 9.70. The first-order chi connectivity index (χ1) is 14.1. The number of hydrogen-bond acceptors (Lipinski definition) is 4. The molecule has 4 nitrogen and oxygen atoms in total. The van der Waals surface area contributed by atoms with Crippen molar-refractivity contribution in [2.75, 3.05) is 0 Å². The lowest BCUT2D eigenvalue weighted by Gasteiger charge is -2.08. The summed E-state index contributed by atoms with van der Waals surface area (Å²) >= 11 is 13.9. The maximum absolute atomic E-state index is 12.9. The van der Waals surface area contributed by atoms with Gasteiger partial charge in [-0.05, 0) is 61.6 Å². The smallest absolute Gasteiger partial charge is 0.260 e. The summed E-state index contributed by atoms with van der Waals surface area (Å²) in [7, 11) is 0. The van der Waals surface area contributed by atoms with E-state index in [9.17, 15) is 4.79 Å². The summed E-state index contributed by atoms with van der Waals surface area (Å²) in [4.78, 5) is 22.7. The molecular weight excluding hydrogens is 427 g/mol. The van der Waals surface area contributed by atoms with Crippen LogP contribution < -0.4 is 5.56 Å². The molecule has 0 saturated carbocycles. The van der Waals surface area contributed by atoms with Crippen molar-refractivity contribution >= 4 is 44.8 Å². The molecular formula is C22H18Cl2N2O2S. The van der Waals surface area contributed by atoms with Gasteiger partial charge in [-0.1, -0.05) is 36.0 Å². The number of benzene rings is 1. The number of thiophene rings is 1. The molecule has 0 unspecified atom stereocenters. The summed E-state index contributed by atoms with van der Waals surface area (Å²) in [6.07, 6.45) is 6.77. The topological polar surface area (TPSA) is 58.9 Å². The molecule has 7 heteroatoms. The zero-order valence-electron chi connectivity index (χ0n) is 15.6. The molecule has 1 aliphatic carbocycles. The fourth-order valence-electron chi connectivity index (χ4n) is 3.93. The van der Waals surface area contributed by atoms with Crippen LogP contribution in [0.5, 0.6) is 0 Å². The summed E-state index contributed by atoms with van der Waals surface area (Å²) in [6.45, 7) is 0. The maximum atomic E-state index is 12.9. The van der Waals surface area contributed by atoms with Crippen LogP contribution in [0.3, 0.4) is 0 Å². The Morgan fingerprint density at radius 3 is 2.62 bits per heavy atom. The van der Waals surface area contributed by atoms with Gasteiger partial charge in [-0.3, -0.25) is 4.79 Å². The van der Waals surface area contributed by atoms with Gasteiger partial charge in [-0.15, -0.1) is 11.3 Å². The van der Waals surface area contributed by atoms with Crippen molar-refractivity contribution < 1.29 is 4.42 Å². The molecule has 29 heavy (non-hydrogen) atoms. The van der Waals surface area contributed by atoms with E-state index in [1.54, 1.807) is 29.5 Å². The van der Waals surface area contributed by atoms with Gasteiger partial charge in [-0.2, -0.15) is 0 Å². The highest BCUT2D eigenvalue weighted by Gasteiger charge is 2.20. The number of fused-ring (bicyclic) bond motifs is 3. The van der Waals surface area contributed by atoms with Gasteiger partial charge in [0.1, 0.15) is 10.6 Å². The lowest BCUT2D eigenvalue weighted by Crippen LogP contribution is -2.10. The lowest BCUT2D eigenvalue weighted by atomic mass is 9.98. The highest BCUT2D eigenvalue weighted by molar-refractivity contribution is 7.18. The average Bonchev–Trinajstić information content (AvgIpc) is 3.27. The Morgan fingerprint density at radius 2 is 1.79 bits per heavy atom. The van der Waals surface area contributed by atoms with E-state index >= 15 is 0 Å². The molecule has 1 aliphatic rings. The third-order valence-electron chi connectivity index (χ3n) is 5.36. The molecule has 4 aromatic rings. The third-order valence-corrected chi connectivity index (χ3v) is 7.09. The van der Waals surface area contributed by atoms with Crippen LogP contribution in [0, 0.1) is 0 Å².